The van der Waals surface area contributed by atoms with Crippen molar-refractivity contribution in [1.82, 2.24) is 10.5 Å². The smallest absolute Gasteiger partial charge is 0.220 e. The second-order valence-electron chi connectivity index (χ2n) is 5.76. The van der Waals surface area contributed by atoms with Crippen molar-refractivity contribution in [2.75, 3.05) is 6.54 Å². The van der Waals surface area contributed by atoms with Crippen molar-refractivity contribution in [2.24, 2.45) is 0 Å². The lowest BCUT2D eigenvalue weighted by Crippen LogP contribution is -2.38. The number of furan rings is 1. The summed E-state index contributed by atoms with van der Waals surface area (Å²) in [5.41, 5.74) is 0.541. The van der Waals surface area contributed by atoms with Gasteiger partial charge >= 0.3 is 0 Å². The maximum absolute atomic E-state index is 11.9. The molecule has 2 N–H and O–H groups in total. The van der Waals surface area contributed by atoms with Gasteiger partial charge in [0.2, 0.25) is 5.91 Å². The third kappa shape index (κ3) is 3.76. The summed E-state index contributed by atoms with van der Waals surface area (Å²) in [6.45, 7) is 7.20. The number of nitrogens with zero attached hydrogens (tertiary/aromatic N) is 1. The number of hydrogen-bond acceptors (Lipinski definition) is 5. The monoisotopic (exact) mass is 306 g/mol. The molecule has 0 radical (unpaired) electrons. The zero-order valence-electron chi connectivity index (χ0n) is 13.4. The van der Waals surface area contributed by atoms with Gasteiger partial charge in [-0.2, -0.15) is 0 Å². The molecular formula is C16H22N2O4. The molecule has 1 atom stereocenters. The fourth-order valence-corrected chi connectivity index (χ4v) is 2.27. The fourth-order valence-electron chi connectivity index (χ4n) is 2.27. The SMILES string of the molecule is Cc1ccc(C(C)(O)CNC(=O)CCc2c(C)noc2C)o1. The van der Waals surface area contributed by atoms with Crippen molar-refractivity contribution >= 4 is 5.91 Å². The van der Waals surface area contributed by atoms with Crippen LogP contribution in [0.1, 0.15) is 41.9 Å². The summed E-state index contributed by atoms with van der Waals surface area (Å²) in [5, 5.41) is 16.9. The number of nitrogens with one attached hydrogen (secondary N) is 1. The highest BCUT2D eigenvalue weighted by Gasteiger charge is 2.27. The number of aromatic nitrogens is 1. The highest BCUT2D eigenvalue weighted by Crippen LogP contribution is 2.22. The van der Waals surface area contributed by atoms with Gasteiger partial charge in [0.25, 0.3) is 0 Å². The number of amides is 1. The predicted octanol–water partition coefficient (Wildman–Crippen LogP) is 2.15. The molecule has 120 valence electrons. The van der Waals surface area contributed by atoms with Crippen molar-refractivity contribution in [3.8, 4) is 0 Å². The van der Waals surface area contributed by atoms with E-state index in [4.69, 9.17) is 8.94 Å². The predicted molar refractivity (Wildman–Crippen MR) is 80.3 cm³/mol. The number of hydrogen-bond donors (Lipinski definition) is 2. The van der Waals surface area contributed by atoms with Gasteiger partial charge in [0.1, 0.15) is 22.9 Å². The van der Waals surface area contributed by atoms with Crippen LogP contribution >= 0.6 is 0 Å². The Morgan fingerprint density at radius 1 is 1.36 bits per heavy atom. The van der Waals surface area contributed by atoms with E-state index >= 15 is 0 Å². The van der Waals surface area contributed by atoms with Crippen molar-refractivity contribution < 1.29 is 18.8 Å². The third-order valence-corrected chi connectivity index (χ3v) is 3.68. The lowest BCUT2D eigenvalue weighted by atomic mass is 10.0. The van der Waals surface area contributed by atoms with E-state index in [1.807, 2.05) is 20.8 Å². The molecule has 0 saturated carbocycles. The summed E-state index contributed by atoms with van der Waals surface area (Å²) >= 11 is 0. The Morgan fingerprint density at radius 2 is 2.09 bits per heavy atom. The minimum absolute atomic E-state index is 0.0976. The van der Waals surface area contributed by atoms with Crippen LogP contribution in [0.2, 0.25) is 0 Å². The van der Waals surface area contributed by atoms with Crippen LogP contribution in [0.5, 0.6) is 0 Å². The summed E-state index contributed by atoms with van der Waals surface area (Å²) in [7, 11) is 0. The quantitative estimate of drug-likeness (QED) is 0.853. The van der Waals surface area contributed by atoms with Crippen LogP contribution in [0.3, 0.4) is 0 Å². The van der Waals surface area contributed by atoms with Crippen molar-refractivity contribution in [3.05, 3.63) is 40.7 Å². The largest absolute Gasteiger partial charge is 0.463 e. The zero-order valence-corrected chi connectivity index (χ0v) is 13.4. The molecule has 6 heteroatoms. The van der Waals surface area contributed by atoms with Crippen LogP contribution in [0, 0.1) is 20.8 Å². The van der Waals surface area contributed by atoms with Gasteiger partial charge in [0.05, 0.1) is 12.2 Å². The highest BCUT2D eigenvalue weighted by atomic mass is 16.5. The molecule has 0 aliphatic carbocycles. The first-order valence-electron chi connectivity index (χ1n) is 7.27. The molecule has 0 aromatic carbocycles. The number of carbonyl (C=O) groups is 1. The molecule has 22 heavy (non-hydrogen) atoms. The third-order valence-electron chi connectivity index (χ3n) is 3.68. The van der Waals surface area contributed by atoms with E-state index in [1.165, 1.54) is 0 Å². The number of carbonyl (C=O) groups excluding carboxylic acids is 1. The number of aryl methyl sites for hydroxylation is 3. The molecule has 0 spiro atoms. The van der Waals surface area contributed by atoms with Gasteiger partial charge in [0, 0.05) is 12.0 Å². The van der Waals surface area contributed by atoms with Gasteiger partial charge in [-0.05, 0) is 46.2 Å². The molecular weight excluding hydrogens is 284 g/mol. The van der Waals surface area contributed by atoms with Gasteiger partial charge in [-0.3, -0.25) is 4.79 Å². The fraction of sp³-hybridized carbons (Fsp3) is 0.500. The summed E-state index contributed by atoms with van der Waals surface area (Å²) in [6, 6.07) is 3.49. The molecule has 2 heterocycles. The van der Waals surface area contributed by atoms with Crippen LogP contribution < -0.4 is 5.32 Å². The lowest BCUT2D eigenvalue weighted by molar-refractivity contribution is -0.122. The van der Waals surface area contributed by atoms with E-state index in [0.29, 0.717) is 18.6 Å². The molecule has 0 bridgehead atoms. The van der Waals surface area contributed by atoms with E-state index in [0.717, 1.165) is 22.8 Å². The van der Waals surface area contributed by atoms with E-state index in [2.05, 4.69) is 10.5 Å². The van der Waals surface area contributed by atoms with Crippen LogP contribution in [0.15, 0.2) is 21.1 Å². The topological polar surface area (TPSA) is 88.5 Å². The zero-order chi connectivity index (χ0) is 16.3. The Kier molecular flexibility index (Phi) is 4.71. The van der Waals surface area contributed by atoms with Crippen molar-refractivity contribution in [3.63, 3.8) is 0 Å². The first-order valence-corrected chi connectivity index (χ1v) is 7.27. The van der Waals surface area contributed by atoms with Gasteiger partial charge in [-0.1, -0.05) is 5.16 Å². The summed E-state index contributed by atoms with van der Waals surface area (Å²) in [5.74, 6) is 1.77. The maximum atomic E-state index is 11.9. The van der Waals surface area contributed by atoms with Crippen LogP contribution in [0.4, 0.5) is 0 Å². The number of aliphatic hydroxyl groups is 1. The van der Waals surface area contributed by atoms with Gasteiger partial charge < -0.3 is 19.4 Å². The normalized spacial score (nSPS) is 13.9. The van der Waals surface area contributed by atoms with Crippen molar-refractivity contribution in [2.45, 2.75) is 46.1 Å². The van der Waals surface area contributed by atoms with E-state index in [1.54, 1.807) is 19.1 Å². The lowest BCUT2D eigenvalue weighted by Gasteiger charge is -2.21. The molecule has 0 fully saturated rings. The minimum Gasteiger partial charge on any atom is -0.463 e. The molecule has 2 aromatic rings. The second kappa shape index (κ2) is 6.36. The molecule has 1 amide bonds. The molecule has 0 aliphatic rings. The van der Waals surface area contributed by atoms with Crippen LogP contribution in [-0.2, 0) is 16.8 Å². The minimum atomic E-state index is -1.23. The second-order valence-corrected chi connectivity index (χ2v) is 5.76. The molecule has 0 saturated heterocycles. The molecule has 6 nitrogen and oxygen atoms in total. The van der Waals surface area contributed by atoms with Gasteiger partial charge in [0.15, 0.2) is 0 Å². The Hall–Kier alpha value is -2.08. The van der Waals surface area contributed by atoms with E-state index in [9.17, 15) is 9.90 Å². The first-order chi connectivity index (χ1) is 10.3. The maximum Gasteiger partial charge on any atom is 0.220 e. The Bertz CT molecular complexity index is 635. The Morgan fingerprint density at radius 3 is 2.64 bits per heavy atom. The van der Waals surface area contributed by atoms with Crippen LogP contribution in [-0.4, -0.2) is 22.7 Å². The highest BCUT2D eigenvalue weighted by molar-refractivity contribution is 5.76. The van der Waals surface area contributed by atoms with Crippen molar-refractivity contribution in [1.29, 1.82) is 0 Å². The van der Waals surface area contributed by atoms with Gasteiger partial charge in [-0.15, -0.1) is 0 Å². The molecule has 0 aliphatic heterocycles. The molecule has 2 rings (SSSR count). The average molecular weight is 306 g/mol. The van der Waals surface area contributed by atoms with Gasteiger partial charge in [-0.25, -0.2) is 0 Å². The standard InChI is InChI=1S/C16H22N2O4/c1-10-5-7-14(21-10)16(4,20)9-17-15(19)8-6-13-11(2)18-22-12(13)3/h5,7,20H,6,8-9H2,1-4H3,(H,17,19). The molecule has 1 unspecified atom stereocenters. The summed E-state index contributed by atoms with van der Waals surface area (Å²) in [6.07, 6.45) is 0.880. The summed E-state index contributed by atoms with van der Waals surface area (Å²) < 4.78 is 10.5. The molecule has 2 aromatic heterocycles. The first kappa shape index (κ1) is 16.3. The number of rotatable bonds is 6. The Labute approximate surface area is 129 Å². The summed E-state index contributed by atoms with van der Waals surface area (Å²) in [4.78, 5) is 11.9. The Balaban J connectivity index is 1.85. The van der Waals surface area contributed by atoms with E-state index in [-0.39, 0.29) is 12.5 Å². The van der Waals surface area contributed by atoms with Crippen LogP contribution in [0.25, 0.3) is 0 Å². The van der Waals surface area contributed by atoms with E-state index < -0.39 is 5.60 Å². The average Bonchev–Trinajstić information content (AvgIpc) is 3.02.